The summed E-state index contributed by atoms with van der Waals surface area (Å²) in [5.74, 6) is -0.505. The highest BCUT2D eigenvalue weighted by molar-refractivity contribution is 5.80. The second-order valence-electron chi connectivity index (χ2n) is 4.24. The Morgan fingerprint density at radius 3 is 2.60 bits per heavy atom. The van der Waals surface area contributed by atoms with Crippen molar-refractivity contribution < 1.29 is 19.1 Å². The van der Waals surface area contributed by atoms with Crippen LogP contribution in [0.1, 0.15) is 18.9 Å². The maximum Gasteiger partial charge on any atom is 0.408 e. The normalized spacial score (nSPS) is 11.5. The Balaban J connectivity index is 2.25. The van der Waals surface area contributed by atoms with Gasteiger partial charge in [-0.2, -0.15) is 0 Å². The Morgan fingerprint density at radius 1 is 1.25 bits per heavy atom. The van der Waals surface area contributed by atoms with Gasteiger partial charge < -0.3 is 20.5 Å². The number of esters is 1. The van der Waals surface area contributed by atoms with Gasteiger partial charge in [0, 0.05) is 0 Å². The molecule has 1 aromatic rings. The Bertz CT molecular complexity index is 422. The molecular weight excluding hydrogens is 260 g/mol. The molecule has 6 nitrogen and oxygen atoms in total. The zero-order valence-corrected chi connectivity index (χ0v) is 11.5. The van der Waals surface area contributed by atoms with Crippen molar-refractivity contribution in [2.45, 2.75) is 26.0 Å². The van der Waals surface area contributed by atoms with Crippen LogP contribution in [0.25, 0.3) is 0 Å². The molecule has 3 N–H and O–H groups in total. The van der Waals surface area contributed by atoms with Gasteiger partial charge in [0.15, 0.2) is 0 Å². The molecule has 0 bridgehead atoms. The minimum atomic E-state index is -0.754. The van der Waals surface area contributed by atoms with Gasteiger partial charge >= 0.3 is 12.1 Å². The number of carbonyl (C=O) groups is 2. The highest BCUT2D eigenvalue weighted by Crippen LogP contribution is 2.01. The maximum absolute atomic E-state index is 11.5. The summed E-state index contributed by atoms with van der Waals surface area (Å²) in [5, 5.41) is 2.41. The summed E-state index contributed by atoms with van der Waals surface area (Å²) in [6.45, 7) is 2.39. The second-order valence-corrected chi connectivity index (χ2v) is 4.24. The number of hydrogen-bond acceptors (Lipinski definition) is 5. The van der Waals surface area contributed by atoms with Crippen LogP contribution < -0.4 is 11.1 Å². The Kier molecular flexibility index (Phi) is 7.13. The monoisotopic (exact) mass is 280 g/mol. The summed E-state index contributed by atoms with van der Waals surface area (Å²) in [6, 6.07) is 8.52. The van der Waals surface area contributed by atoms with E-state index in [0.717, 1.165) is 5.56 Å². The van der Waals surface area contributed by atoms with Gasteiger partial charge in [-0.15, -0.1) is 0 Å². The molecule has 1 rings (SSSR count). The lowest BCUT2D eigenvalue weighted by atomic mass is 10.2. The third-order valence-corrected chi connectivity index (χ3v) is 2.49. The SMILES string of the molecule is CC(NC(=O)OCc1ccccc1)C(=O)OCCCN. The summed E-state index contributed by atoms with van der Waals surface area (Å²) < 4.78 is 9.92. The molecule has 0 aliphatic carbocycles. The molecule has 0 fully saturated rings. The van der Waals surface area contributed by atoms with Crippen molar-refractivity contribution in [1.82, 2.24) is 5.32 Å². The minimum Gasteiger partial charge on any atom is -0.464 e. The lowest BCUT2D eigenvalue weighted by Crippen LogP contribution is -2.40. The first kappa shape index (κ1) is 16.0. The number of alkyl carbamates (subject to hydrolysis) is 1. The predicted octanol–water partition coefficient (Wildman–Crippen LogP) is 1.19. The predicted molar refractivity (Wildman–Crippen MR) is 73.9 cm³/mol. The van der Waals surface area contributed by atoms with E-state index < -0.39 is 18.1 Å². The number of hydrogen-bond donors (Lipinski definition) is 2. The molecule has 0 aliphatic heterocycles. The molecular formula is C14H20N2O4. The largest absolute Gasteiger partial charge is 0.464 e. The van der Waals surface area contributed by atoms with Crippen LogP contribution in [0.3, 0.4) is 0 Å². The fourth-order valence-corrected chi connectivity index (χ4v) is 1.38. The number of benzene rings is 1. The van der Waals surface area contributed by atoms with Gasteiger partial charge in [-0.05, 0) is 25.5 Å². The number of nitrogens with one attached hydrogen (secondary N) is 1. The smallest absolute Gasteiger partial charge is 0.408 e. The van der Waals surface area contributed by atoms with Gasteiger partial charge in [0.25, 0.3) is 0 Å². The minimum absolute atomic E-state index is 0.154. The lowest BCUT2D eigenvalue weighted by molar-refractivity contribution is -0.145. The van der Waals surface area contributed by atoms with Gasteiger partial charge in [-0.1, -0.05) is 30.3 Å². The highest BCUT2D eigenvalue weighted by Gasteiger charge is 2.17. The quantitative estimate of drug-likeness (QED) is 0.578. The summed E-state index contributed by atoms with van der Waals surface area (Å²) >= 11 is 0. The van der Waals surface area contributed by atoms with Crippen LogP contribution in [0.4, 0.5) is 4.79 Å². The van der Waals surface area contributed by atoms with Crippen molar-refractivity contribution in [3.63, 3.8) is 0 Å². The van der Waals surface area contributed by atoms with E-state index in [1.165, 1.54) is 6.92 Å². The molecule has 0 aliphatic rings. The van der Waals surface area contributed by atoms with Crippen LogP contribution in [0.5, 0.6) is 0 Å². The van der Waals surface area contributed by atoms with E-state index in [1.807, 2.05) is 30.3 Å². The molecule has 0 spiro atoms. The zero-order chi connectivity index (χ0) is 14.8. The van der Waals surface area contributed by atoms with E-state index in [2.05, 4.69) is 5.32 Å². The van der Waals surface area contributed by atoms with Crippen LogP contribution in [0.15, 0.2) is 30.3 Å². The summed E-state index contributed by atoms with van der Waals surface area (Å²) in [7, 11) is 0. The number of carbonyl (C=O) groups excluding carboxylic acids is 2. The molecule has 110 valence electrons. The van der Waals surface area contributed by atoms with E-state index in [4.69, 9.17) is 15.2 Å². The van der Waals surface area contributed by atoms with Gasteiger partial charge in [0.1, 0.15) is 12.6 Å². The lowest BCUT2D eigenvalue weighted by Gasteiger charge is -2.13. The molecule has 0 saturated carbocycles. The van der Waals surface area contributed by atoms with Crippen LogP contribution in [-0.4, -0.2) is 31.3 Å². The van der Waals surface area contributed by atoms with E-state index in [-0.39, 0.29) is 13.2 Å². The first-order valence-corrected chi connectivity index (χ1v) is 6.47. The number of ether oxygens (including phenoxy) is 2. The molecule has 1 atom stereocenters. The third kappa shape index (κ3) is 6.19. The first-order valence-electron chi connectivity index (χ1n) is 6.47. The molecule has 1 unspecified atom stereocenters. The highest BCUT2D eigenvalue weighted by atomic mass is 16.6. The molecule has 20 heavy (non-hydrogen) atoms. The second kappa shape index (κ2) is 8.92. The maximum atomic E-state index is 11.5. The summed E-state index contributed by atoms with van der Waals surface area (Å²) in [6.07, 6.45) is -0.0613. The van der Waals surface area contributed by atoms with Gasteiger partial charge in [-0.3, -0.25) is 0 Å². The Hall–Kier alpha value is -2.08. The van der Waals surface area contributed by atoms with Gasteiger partial charge in [-0.25, -0.2) is 9.59 Å². The first-order chi connectivity index (χ1) is 9.63. The average molecular weight is 280 g/mol. The third-order valence-electron chi connectivity index (χ3n) is 2.49. The summed E-state index contributed by atoms with van der Waals surface area (Å²) in [4.78, 5) is 23.0. The number of rotatable bonds is 7. The van der Waals surface area contributed by atoms with E-state index in [0.29, 0.717) is 13.0 Å². The van der Waals surface area contributed by atoms with Crippen LogP contribution in [0.2, 0.25) is 0 Å². The molecule has 0 radical (unpaired) electrons. The van der Waals surface area contributed by atoms with Crippen LogP contribution in [0, 0.1) is 0 Å². The van der Waals surface area contributed by atoms with Crippen LogP contribution >= 0.6 is 0 Å². The van der Waals surface area contributed by atoms with Gasteiger partial charge in [0.05, 0.1) is 6.61 Å². The molecule has 0 aromatic heterocycles. The van der Waals surface area contributed by atoms with Crippen LogP contribution in [-0.2, 0) is 20.9 Å². The van der Waals surface area contributed by atoms with Crippen molar-refractivity contribution in [2.75, 3.05) is 13.2 Å². The Morgan fingerprint density at radius 2 is 1.95 bits per heavy atom. The molecule has 0 heterocycles. The molecule has 0 saturated heterocycles. The topological polar surface area (TPSA) is 90.6 Å². The van der Waals surface area contributed by atoms with E-state index in [9.17, 15) is 9.59 Å². The van der Waals surface area contributed by atoms with Crippen molar-refractivity contribution in [3.05, 3.63) is 35.9 Å². The van der Waals surface area contributed by atoms with Crippen molar-refractivity contribution in [1.29, 1.82) is 0 Å². The average Bonchev–Trinajstić information content (AvgIpc) is 2.46. The van der Waals surface area contributed by atoms with Crippen molar-refractivity contribution in [2.24, 2.45) is 5.73 Å². The van der Waals surface area contributed by atoms with Gasteiger partial charge in [0.2, 0.25) is 0 Å². The van der Waals surface area contributed by atoms with Crippen molar-refractivity contribution >= 4 is 12.1 Å². The fourth-order valence-electron chi connectivity index (χ4n) is 1.38. The van der Waals surface area contributed by atoms with E-state index in [1.54, 1.807) is 0 Å². The molecule has 1 aromatic carbocycles. The fraction of sp³-hybridized carbons (Fsp3) is 0.429. The number of amides is 1. The number of nitrogens with two attached hydrogens (primary N) is 1. The zero-order valence-electron chi connectivity index (χ0n) is 11.5. The molecule has 6 heteroatoms. The molecule has 1 amide bonds. The summed E-state index contributed by atoms with van der Waals surface area (Å²) in [5.41, 5.74) is 6.16. The van der Waals surface area contributed by atoms with Crippen molar-refractivity contribution in [3.8, 4) is 0 Å². The standard InChI is InChI=1S/C14H20N2O4/c1-11(13(17)19-9-5-8-15)16-14(18)20-10-12-6-3-2-4-7-12/h2-4,6-7,11H,5,8-10,15H2,1H3,(H,16,18). The Labute approximate surface area is 118 Å². The van der Waals surface area contributed by atoms with E-state index >= 15 is 0 Å².